The van der Waals surface area contributed by atoms with E-state index in [1.165, 1.54) is 32.9 Å². The molecule has 0 aliphatic carbocycles. The third kappa shape index (κ3) is 3.31. The van der Waals surface area contributed by atoms with Crippen LogP contribution < -0.4 is 0 Å². The van der Waals surface area contributed by atoms with Crippen LogP contribution in [-0.2, 0) is 0 Å². The predicted octanol–water partition coefficient (Wildman–Crippen LogP) is 10.2. The molecule has 0 unspecified atom stereocenters. The molecule has 0 fully saturated rings. The molecular weight excluding hydrogens is 504 g/mol. The van der Waals surface area contributed by atoms with Gasteiger partial charge in [0.2, 0.25) is 5.89 Å². The van der Waals surface area contributed by atoms with Crippen LogP contribution in [0.1, 0.15) is 0 Å². The second kappa shape index (κ2) is 8.44. The van der Waals surface area contributed by atoms with Crippen LogP contribution in [0.5, 0.6) is 0 Å². The minimum Gasteiger partial charge on any atom is -0.456 e. The molecular formula is C37H22N2O2. The van der Waals surface area contributed by atoms with Gasteiger partial charge in [-0.2, -0.15) is 0 Å². The molecule has 0 bridgehead atoms. The van der Waals surface area contributed by atoms with Crippen LogP contribution in [-0.4, -0.2) is 9.55 Å². The van der Waals surface area contributed by atoms with E-state index < -0.39 is 0 Å². The summed E-state index contributed by atoms with van der Waals surface area (Å²) >= 11 is 0. The van der Waals surface area contributed by atoms with Gasteiger partial charge in [0, 0.05) is 27.4 Å². The van der Waals surface area contributed by atoms with Gasteiger partial charge in [0.25, 0.3) is 0 Å². The Morgan fingerprint density at radius 2 is 1.22 bits per heavy atom. The lowest BCUT2D eigenvalue weighted by atomic mass is 10.0. The summed E-state index contributed by atoms with van der Waals surface area (Å²) in [5, 5.41) is 4.47. The zero-order valence-corrected chi connectivity index (χ0v) is 21.9. The maximum Gasteiger partial charge on any atom is 0.227 e. The molecule has 0 atom stereocenters. The number of nitrogens with zero attached hydrogens (tertiary/aromatic N) is 2. The molecule has 0 amide bonds. The van der Waals surface area contributed by atoms with E-state index in [4.69, 9.17) is 13.8 Å². The number of benzene rings is 6. The van der Waals surface area contributed by atoms with Gasteiger partial charge in [-0.25, -0.2) is 4.98 Å². The second-order valence-electron chi connectivity index (χ2n) is 10.4. The largest absolute Gasteiger partial charge is 0.456 e. The van der Waals surface area contributed by atoms with Crippen LogP contribution in [0.15, 0.2) is 142 Å². The number of oxazole rings is 1. The number of aromatic nitrogens is 2. The monoisotopic (exact) mass is 526 g/mol. The van der Waals surface area contributed by atoms with E-state index in [0.717, 1.165) is 44.3 Å². The van der Waals surface area contributed by atoms with Crippen molar-refractivity contribution < 1.29 is 8.83 Å². The first-order valence-electron chi connectivity index (χ1n) is 13.7. The summed E-state index contributed by atoms with van der Waals surface area (Å²) in [6.07, 6.45) is 0. The molecule has 41 heavy (non-hydrogen) atoms. The second-order valence-corrected chi connectivity index (χ2v) is 10.4. The molecule has 0 spiro atoms. The quantitative estimate of drug-likeness (QED) is 0.230. The standard InChI is InChI=1S/C37H22N2O2/c1-2-8-23(9-3-1)25-16-20-32-29(22-25)27-10-4-6-12-31(27)39(32)26-17-14-24(15-18-26)37-38-30-19-21-34-35(36(30)41-37)28-11-5-7-13-33(28)40-34/h1-22H. The summed E-state index contributed by atoms with van der Waals surface area (Å²) in [4.78, 5) is 4.84. The third-order valence-corrected chi connectivity index (χ3v) is 8.05. The van der Waals surface area contributed by atoms with E-state index in [1.54, 1.807) is 0 Å². The van der Waals surface area contributed by atoms with Crippen molar-refractivity contribution in [2.24, 2.45) is 0 Å². The molecule has 0 N–H and O–H groups in total. The summed E-state index contributed by atoms with van der Waals surface area (Å²) in [5.74, 6) is 0.596. The molecule has 3 heterocycles. The molecule has 192 valence electrons. The maximum atomic E-state index is 6.38. The van der Waals surface area contributed by atoms with Crippen LogP contribution in [0, 0.1) is 0 Å². The van der Waals surface area contributed by atoms with Crippen LogP contribution in [0.25, 0.3) is 83.1 Å². The van der Waals surface area contributed by atoms with Crippen molar-refractivity contribution in [1.29, 1.82) is 0 Å². The number of para-hydroxylation sites is 2. The highest BCUT2D eigenvalue weighted by Gasteiger charge is 2.17. The Morgan fingerprint density at radius 1 is 0.488 bits per heavy atom. The Balaban J connectivity index is 1.17. The highest BCUT2D eigenvalue weighted by atomic mass is 16.4. The lowest BCUT2D eigenvalue weighted by Crippen LogP contribution is -1.93. The van der Waals surface area contributed by atoms with E-state index in [0.29, 0.717) is 5.89 Å². The first-order chi connectivity index (χ1) is 20.3. The number of rotatable bonds is 3. The Morgan fingerprint density at radius 3 is 2.10 bits per heavy atom. The van der Waals surface area contributed by atoms with E-state index in [1.807, 2.05) is 30.3 Å². The first kappa shape index (κ1) is 22.2. The molecule has 9 rings (SSSR count). The number of hydrogen-bond donors (Lipinski definition) is 0. The fourth-order valence-electron chi connectivity index (χ4n) is 6.13. The Hall–Kier alpha value is -5.61. The smallest absolute Gasteiger partial charge is 0.227 e. The summed E-state index contributed by atoms with van der Waals surface area (Å²) in [5.41, 5.74) is 10.0. The fraction of sp³-hybridized carbons (Fsp3) is 0. The van der Waals surface area contributed by atoms with Gasteiger partial charge in [-0.3, -0.25) is 0 Å². The van der Waals surface area contributed by atoms with Gasteiger partial charge in [0.1, 0.15) is 16.7 Å². The maximum absolute atomic E-state index is 6.38. The molecule has 0 aliphatic heterocycles. The summed E-state index contributed by atoms with van der Waals surface area (Å²) in [6.45, 7) is 0. The zero-order chi connectivity index (χ0) is 26.9. The van der Waals surface area contributed by atoms with Crippen LogP contribution in [0.4, 0.5) is 0 Å². The van der Waals surface area contributed by atoms with Crippen molar-refractivity contribution in [2.75, 3.05) is 0 Å². The van der Waals surface area contributed by atoms with Gasteiger partial charge in [0.05, 0.1) is 16.4 Å². The van der Waals surface area contributed by atoms with Crippen molar-refractivity contribution in [3.63, 3.8) is 0 Å². The van der Waals surface area contributed by atoms with E-state index >= 15 is 0 Å². The molecule has 9 aromatic rings. The normalized spacial score (nSPS) is 11.9. The van der Waals surface area contributed by atoms with Gasteiger partial charge < -0.3 is 13.4 Å². The highest BCUT2D eigenvalue weighted by Crippen LogP contribution is 2.38. The lowest BCUT2D eigenvalue weighted by Gasteiger charge is -2.09. The van der Waals surface area contributed by atoms with Crippen molar-refractivity contribution in [2.45, 2.75) is 0 Å². The topological polar surface area (TPSA) is 44.1 Å². The van der Waals surface area contributed by atoms with E-state index in [-0.39, 0.29) is 0 Å². The van der Waals surface area contributed by atoms with Gasteiger partial charge in [0.15, 0.2) is 5.58 Å². The molecule has 3 aromatic heterocycles. The number of fused-ring (bicyclic) bond motifs is 8. The van der Waals surface area contributed by atoms with Gasteiger partial charge in [-0.1, -0.05) is 72.8 Å². The summed E-state index contributed by atoms with van der Waals surface area (Å²) in [6, 6.07) is 46.3. The Labute approximate surface area is 234 Å². The SMILES string of the molecule is c1ccc(-c2ccc3c(c2)c2ccccc2n3-c2ccc(-c3nc4ccc5oc6ccccc6c5c4o3)cc2)cc1. The predicted molar refractivity (Wildman–Crippen MR) is 166 cm³/mol. The molecule has 4 heteroatoms. The van der Waals surface area contributed by atoms with Gasteiger partial charge in [-0.15, -0.1) is 0 Å². The lowest BCUT2D eigenvalue weighted by molar-refractivity contribution is 0.622. The summed E-state index contributed by atoms with van der Waals surface area (Å²) in [7, 11) is 0. The average Bonchev–Trinajstić information content (AvgIpc) is 3.73. The minimum absolute atomic E-state index is 0.596. The third-order valence-electron chi connectivity index (χ3n) is 8.05. The highest BCUT2D eigenvalue weighted by molar-refractivity contribution is 6.16. The number of hydrogen-bond acceptors (Lipinski definition) is 3. The average molecular weight is 527 g/mol. The Kier molecular flexibility index (Phi) is 4.58. The van der Waals surface area contributed by atoms with Gasteiger partial charge >= 0.3 is 0 Å². The van der Waals surface area contributed by atoms with Crippen LogP contribution in [0.3, 0.4) is 0 Å². The number of furan rings is 1. The van der Waals surface area contributed by atoms with Crippen LogP contribution in [0.2, 0.25) is 0 Å². The zero-order valence-electron chi connectivity index (χ0n) is 21.9. The van der Waals surface area contributed by atoms with Crippen LogP contribution >= 0.6 is 0 Å². The first-order valence-corrected chi connectivity index (χ1v) is 13.7. The minimum atomic E-state index is 0.596. The Bertz CT molecular complexity index is 2410. The van der Waals surface area contributed by atoms with Crippen molar-refractivity contribution >= 4 is 54.8 Å². The molecule has 0 aliphatic rings. The summed E-state index contributed by atoms with van der Waals surface area (Å²) < 4.78 is 14.8. The van der Waals surface area contributed by atoms with E-state index in [2.05, 4.69) is 108 Å². The van der Waals surface area contributed by atoms with Crippen molar-refractivity contribution in [3.8, 4) is 28.3 Å². The molecule has 0 saturated carbocycles. The molecule has 0 radical (unpaired) electrons. The van der Waals surface area contributed by atoms with Crippen molar-refractivity contribution in [3.05, 3.63) is 133 Å². The fourth-order valence-corrected chi connectivity index (χ4v) is 6.13. The van der Waals surface area contributed by atoms with Gasteiger partial charge in [-0.05, 0) is 71.8 Å². The van der Waals surface area contributed by atoms with Crippen molar-refractivity contribution in [1.82, 2.24) is 9.55 Å². The molecule has 4 nitrogen and oxygen atoms in total. The molecule has 0 saturated heterocycles. The molecule has 6 aromatic carbocycles. The van der Waals surface area contributed by atoms with E-state index in [9.17, 15) is 0 Å².